The highest BCUT2D eigenvalue weighted by Gasteiger charge is 2.21. The number of hydrogen-bond donors (Lipinski definition) is 3. The molecule has 0 bridgehead atoms. The highest BCUT2D eigenvalue weighted by molar-refractivity contribution is 7.90. The average Bonchev–Trinajstić information content (AvgIpc) is 3.38. The molecule has 3 heterocycles. The van der Waals surface area contributed by atoms with E-state index in [4.69, 9.17) is 11.6 Å². The molecule has 178 valence electrons. The number of rotatable bonds is 6. The van der Waals surface area contributed by atoms with Crippen LogP contribution in [0.5, 0.6) is 0 Å². The second-order valence-corrected chi connectivity index (χ2v) is 11.3. The lowest BCUT2D eigenvalue weighted by Gasteiger charge is -2.22. The minimum absolute atomic E-state index is 0.165. The van der Waals surface area contributed by atoms with Gasteiger partial charge in [-0.2, -0.15) is 4.68 Å². The second kappa shape index (κ2) is 9.05. The first-order valence-electron chi connectivity index (χ1n) is 11.3. The van der Waals surface area contributed by atoms with Gasteiger partial charge < -0.3 is 10.3 Å². The number of halogens is 1. The van der Waals surface area contributed by atoms with Crippen molar-refractivity contribution in [3.63, 3.8) is 0 Å². The molecule has 2 aromatic heterocycles. The van der Waals surface area contributed by atoms with E-state index >= 15 is 0 Å². The molecule has 3 N–H and O–H groups in total. The van der Waals surface area contributed by atoms with E-state index < -0.39 is 9.84 Å². The van der Waals surface area contributed by atoms with Crippen LogP contribution in [0, 0.1) is 5.92 Å². The molecule has 1 aliphatic rings. The number of aromatic amines is 2. The van der Waals surface area contributed by atoms with Gasteiger partial charge in [0.25, 0.3) is 5.56 Å². The lowest BCUT2D eigenvalue weighted by Crippen LogP contribution is -2.28. The lowest BCUT2D eigenvalue weighted by atomic mass is 9.91. The first-order chi connectivity index (χ1) is 16.3. The molecule has 0 atom stereocenters. The van der Waals surface area contributed by atoms with E-state index in [1.165, 1.54) is 10.9 Å². The molecule has 1 saturated heterocycles. The van der Waals surface area contributed by atoms with Gasteiger partial charge in [0.1, 0.15) is 0 Å². The van der Waals surface area contributed by atoms with Gasteiger partial charge in [-0.15, -0.1) is 0 Å². The Balaban J connectivity index is 1.57. The van der Waals surface area contributed by atoms with Gasteiger partial charge in [0, 0.05) is 16.8 Å². The van der Waals surface area contributed by atoms with Crippen molar-refractivity contribution in [1.82, 2.24) is 25.1 Å². The van der Waals surface area contributed by atoms with Crippen LogP contribution >= 0.6 is 11.6 Å². The van der Waals surface area contributed by atoms with Crippen molar-refractivity contribution in [3.8, 4) is 17.2 Å². The highest BCUT2D eigenvalue weighted by atomic mass is 35.5. The molecule has 10 heteroatoms. The fourth-order valence-corrected chi connectivity index (χ4v) is 5.36. The Labute approximate surface area is 202 Å². The summed E-state index contributed by atoms with van der Waals surface area (Å²) in [5, 5.41) is 7.18. The predicted octanol–water partition coefficient (Wildman–Crippen LogP) is 3.70. The Bertz CT molecular complexity index is 1500. The Morgan fingerprint density at radius 3 is 2.56 bits per heavy atom. The number of fused-ring (bicyclic) bond motifs is 1. The van der Waals surface area contributed by atoms with Crippen molar-refractivity contribution >= 4 is 32.5 Å². The van der Waals surface area contributed by atoms with E-state index in [0.717, 1.165) is 43.4 Å². The number of benzene rings is 2. The number of aromatic nitrogens is 4. The SMILES string of the molecule is CS(=O)(=O)c1ccc(-c2[nH]n(-c3nc4ccc(Cl)cc4[nH]3)c(=O)c2CCC2CCNCC2)cc1. The summed E-state index contributed by atoms with van der Waals surface area (Å²) in [7, 11) is -3.31. The molecule has 0 spiro atoms. The van der Waals surface area contributed by atoms with Gasteiger partial charge in [-0.25, -0.2) is 13.4 Å². The first kappa shape index (κ1) is 22.9. The van der Waals surface area contributed by atoms with Crippen molar-refractivity contribution in [3.05, 3.63) is 63.4 Å². The van der Waals surface area contributed by atoms with E-state index in [-0.39, 0.29) is 10.5 Å². The number of hydrogen-bond acceptors (Lipinski definition) is 5. The van der Waals surface area contributed by atoms with E-state index in [1.54, 1.807) is 42.5 Å². The van der Waals surface area contributed by atoms with Crippen molar-refractivity contribution < 1.29 is 8.42 Å². The van der Waals surface area contributed by atoms with Crippen LogP contribution in [-0.4, -0.2) is 47.5 Å². The summed E-state index contributed by atoms with van der Waals surface area (Å²) in [6, 6.07) is 11.9. The molecule has 0 saturated carbocycles. The van der Waals surface area contributed by atoms with Gasteiger partial charge in [0.05, 0.1) is 21.6 Å². The van der Waals surface area contributed by atoms with Crippen LogP contribution in [-0.2, 0) is 16.3 Å². The molecule has 8 nitrogen and oxygen atoms in total. The number of imidazole rings is 1. The molecule has 4 aromatic rings. The van der Waals surface area contributed by atoms with Crippen molar-refractivity contribution in [1.29, 1.82) is 0 Å². The zero-order valence-corrected chi connectivity index (χ0v) is 20.3. The first-order valence-corrected chi connectivity index (χ1v) is 13.6. The minimum atomic E-state index is -3.31. The summed E-state index contributed by atoms with van der Waals surface area (Å²) in [5.41, 5.74) is 3.38. The summed E-state index contributed by atoms with van der Waals surface area (Å²) in [6.07, 6.45) is 4.92. The lowest BCUT2D eigenvalue weighted by molar-refractivity contribution is 0.354. The van der Waals surface area contributed by atoms with Crippen LogP contribution in [0.25, 0.3) is 28.2 Å². The Hall–Kier alpha value is -2.88. The largest absolute Gasteiger partial charge is 0.322 e. The zero-order chi connectivity index (χ0) is 23.9. The highest BCUT2D eigenvalue weighted by Crippen LogP contribution is 2.26. The molecular weight excluding hydrogens is 474 g/mol. The third-order valence-electron chi connectivity index (χ3n) is 6.46. The summed E-state index contributed by atoms with van der Waals surface area (Å²) in [4.78, 5) is 21.5. The average molecular weight is 500 g/mol. The van der Waals surface area contributed by atoms with E-state index in [9.17, 15) is 13.2 Å². The Morgan fingerprint density at radius 1 is 1.12 bits per heavy atom. The standard InChI is InChI=1S/C24H26ClN5O3S/c1-34(32,33)18-6-3-16(4-7-18)22-19(8-2-15-10-12-26-13-11-15)23(31)30(29-22)24-27-20-9-5-17(25)14-21(20)28-24/h3-7,9,14-15,26,29H,2,8,10-13H2,1H3,(H,27,28). The number of nitrogens with zero attached hydrogens (tertiary/aromatic N) is 2. The molecule has 0 radical (unpaired) electrons. The number of H-pyrrole nitrogens is 2. The molecule has 1 aliphatic heterocycles. The van der Waals surface area contributed by atoms with Crippen molar-refractivity contribution in [2.75, 3.05) is 19.3 Å². The molecule has 5 rings (SSSR count). The number of sulfone groups is 1. The van der Waals surface area contributed by atoms with Gasteiger partial charge in [-0.05, 0) is 80.6 Å². The van der Waals surface area contributed by atoms with E-state index in [0.29, 0.717) is 40.1 Å². The normalized spacial score (nSPS) is 15.2. The summed E-state index contributed by atoms with van der Waals surface area (Å²) < 4.78 is 25.2. The minimum Gasteiger partial charge on any atom is -0.322 e. The summed E-state index contributed by atoms with van der Waals surface area (Å²) in [6.45, 7) is 2.01. The quantitative estimate of drug-likeness (QED) is 0.374. The van der Waals surface area contributed by atoms with Gasteiger partial charge in [-0.3, -0.25) is 9.89 Å². The maximum Gasteiger partial charge on any atom is 0.277 e. The van der Waals surface area contributed by atoms with Gasteiger partial charge in [0.2, 0.25) is 5.95 Å². The summed E-state index contributed by atoms with van der Waals surface area (Å²) in [5.74, 6) is 0.946. The smallest absolute Gasteiger partial charge is 0.277 e. The molecule has 2 aromatic carbocycles. The van der Waals surface area contributed by atoms with Gasteiger partial charge in [-0.1, -0.05) is 23.7 Å². The van der Waals surface area contributed by atoms with E-state index in [1.807, 2.05) is 0 Å². The topological polar surface area (TPSA) is 113 Å². The van der Waals surface area contributed by atoms with Crippen molar-refractivity contribution in [2.24, 2.45) is 5.92 Å². The third kappa shape index (κ3) is 4.55. The maximum absolute atomic E-state index is 13.5. The molecular formula is C24H26ClN5O3S. The van der Waals surface area contributed by atoms with Crippen molar-refractivity contribution in [2.45, 2.75) is 30.6 Å². The maximum atomic E-state index is 13.5. The van der Waals surface area contributed by atoms with E-state index in [2.05, 4.69) is 20.4 Å². The fourth-order valence-electron chi connectivity index (χ4n) is 4.55. The zero-order valence-electron chi connectivity index (χ0n) is 18.8. The second-order valence-electron chi connectivity index (χ2n) is 8.86. The monoisotopic (exact) mass is 499 g/mol. The van der Waals surface area contributed by atoms with Crippen LogP contribution in [0.3, 0.4) is 0 Å². The molecule has 1 fully saturated rings. The van der Waals surface area contributed by atoms with Crippen LogP contribution in [0.4, 0.5) is 0 Å². The van der Waals surface area contributed by atoms with Gasteiger partial charge in [0.15, 0.2) is 9.84 Å². The fraction of sp³-hybridized carbons (Fsp3) is 0.333. The Morgan fingerprint density at radius 2 is 1.85 bits per heavy atom. The Kier molecular flexibility index (Phi) is 6.09. The third-order valence-corrected chi connectivity index (χ3v) is 7.83. The summed E-state index contributed by atoms with van der Waals surface area (Å²) >= 11 is 6.10. The predicted molar refractivity (Wildman–Crippen MR) is 134 cm³/mol. The molecule has 0 aliphatic carbocycles. The molecule has 34 heavy (non-hydrogen) atoms. The van der Waals surface area contributed by atoms with Crippen LogP contribution in [0.2, 0.25) is 5.02 Å². The number of piperidine rings is 1. The van der Waals surface area contributed by atoms with Crippen LogP contribution < -0.4 is 10.9 Å². The van der Waals surface area contributed by atoms with Gasteiger partial charge >= 0.3 is 0 Å². The van der Waals surface area contributed by atoms with Crippen LogP contribution in [0.1, 0.15) is 24.8 Å². The molecule has 0 unspecified atom stereocenters. The van der Waals surface area contributed by atoms with Crippen LogP contribution in [0.15, 0.2) is 52.2 Å². The number of nitrogens with one attached hydrogen (secondary N) is 3. The molecule has 0 amide bonds.